The van der Waals surface area contributed by atoms with Gasteiger partial charge >= 0.3 is 0 Å². The van der Waals surface area contributed by atoms with Gasteiger partial charge in [0.1, 0.15) is 5.75 Å². The number of anilines is 1. The third kappa shape index (κ3) is 3.67. The van der Waals surface area contributed by atoms with Gasteiger partial charge in [-0.25, -0.2) is 0 Å². The molecule has 4 rings (SSSR count). The molecule has 0 fully saturated rings. The fraction of sp³-hybridized carbons (Fsp3) is 0.0417. The summed E-state index contributed by atoms with van der Waals surface area (Å²) < 4.78 is 0. The van der Waals surface area contributed by atoms with Crippen LogP contribution in [0.3, 0.4) is 0 Å². The van der Waals surface area contributed by atoms with Crippen molar-refractivity contribution in [2.24, 2.45) is 0 Å². The number of hydrogen-bond donors (Lipinski definition) is 2. The molecule has 0 atom stereocenters. The predicted octanol–water partition coefficient (Wildman–Crippen LogP) is 5.29. The summed E-state index contributed by atoms with van der Waals surface area (Å²) in [6, 6.07) is 27.8. The maximum atomic E-state index is 10.8. The van der Waals surface area contributed by atoms with Crippen LogP contribution in [0.2, 0.25) is 0 Å². The number of pyridine rings is 1. The molecule has 0 bridgehead atoms. The van der Waals surface area contributed by atoms with E-state index >= 15 is 0 Å². The van der Waals surface area contributed by atoms with Crippen molar-refractivity contribution in [3.05, 3.63) is 102 Å². The van der Waals surface area contributed by atoms with E-state index < -0.39 is 0 Å². The largest absolute Gasteiger partial charge is 0.505 e. The van der Waals surface area contributed by atoms with Crippen molar-refractivity contribution >= 4 is 5.69 Å². The van der Waals surface area contributed by atoms with Gasteiger partial charge in [0.15, 0.2) is 0 Å². The topological polar surface area (TPSA) is 59.1 Å². The molecule has 0 aliphatic heterocycles. The molecule has 3 aromatic carbocycles. The highest BCUT2D eigenvalue weighted by Crippen LogP contribution is 2.34. The summed E-state index contributed by atoms with van der Waals surface area (Å²) in [5.74, 6) is 0.232. The molecule has 132 valence electrons. The second-order valence-electron chi connectivity index (χ2n) is 6.52. The highest BCUT2D eigenvalue weighted by atomic mass is 16.3. The van der Waals surface area contributed by atoms with E-state index in [-0.39, 0.29) is 5.75 Å². The molecule has 0 radical (unpaired) electrons. The molecule has 0 unspecified atom stereocenters. The Labute approximate surface area is 158 Å². The smallest absolute Gasteiger partial charge is 0.145 e. The van der Waals surface area contributed by atoms with Crippen LogP contribution in [-0.2, 0) is 6.42 Å². The lowest BCUT2D eigenvalue weighted by Crippen LogP contribution is -1.94. The Morgan fingerprint density at radius 3 is 2.26 bits per heavy atom. The third-order valence-electron chi connectivity index (χ3n) is 4.63. The van der Waals surface area contributed by atoms with Gasteiger partial charge < -0.3 is 10.8 Å². The fourth-order valence-corrected chi connectivity index (χ4v) is 3.19. The summed E-state index contributed by atoms with van der Waals surface area (Å²) in [6.45, 7) is 0. The van der Waals surface area contributed by atoms with Crippen LogP contribution in [0.25, 0.3) is 22.3 Å². The molecule has 0 amide bonds. The van der Waals surface area contributed by atoms with Crippen LogP contribution >= 0.6 is 0 Å². The van der Waals surface area contributed by atoms with Gasteiger partial charge in [-0.05, 0) is 46.5 Å². The molecule has 27 heavy (non-hydrogen) atoms. The van der Waals surface area contributed by atoms with Crippen molar-refractivity contribution in [2.75, 3.05) is 5.73 Å². The van der Waals surface area contributed by atoms with Crippen LogP contribution in [0.5, 0.6) is 5.75 Å². The van der Waals surface area contributed by atoms with E-state index in [4.69, 9.17) is 5.73 Å². The van der Waals surface area contributed by atoms with Gasteiger partial charge in [-0.1, -0.05) is 60.7 Å². The van der Waals surface area contributed by atoms with Crippen LogP contribution in [0.4, 0.5) is 5.69 Å². The first-order valence-corrected chi connectivity index (χ1v) is 8.88. The number of nitrogen functional groups attached to an aromatic ring is 1. The third-order valence-corrected chi connectivity index (χ3v) is 4.63. The summed E-state index contributed by atoms with van der Waals surface area (Å²) in [4.78, 5) is 4.39. The first-order chi connectivity index (χ1) is 13.2. The molecular formula is C24H20N2O. The average Bonchev–Trinajstić information content (AvgIpc) is 2.71. The van der Waals surface area contributed by atoms with E-state index in [1.165, 1.54) is 0 Å². The first-order valence-electron chi connectivity index (χ1n) is 8.88. The van der Waals surface area contributed by atoms with E-state index in [0.717, 1.165) is 33.5 Å². The molecule has 4 aromatic rings. The highest BCUT2D eigenvalue weighted by molar-refractivity contribution is 5.77. The molecule has 0 saturated carbocycles. The maximum Gasteiger partial charge on any atom is 0.145 e. The monoisotopic (exact) mass is 352 g/mol. The summed E-state index contributed by atoms with van der Waals surface area (Å²) >= 11 is 0. The Bertz CT molecular complexity index is 1060. The van der Waals surface area contributed by atoms with Crippen molar-refractivity contribution in [3.63, 3.8) is 0 Å². The molecule has 3 nitrogen and oxygen atoms in total. The molecule has 1 heterocycles. The number of nitrogens with two attached hydrogens (primary N) is 1. The van der Waals surface area contributed by atoms with Crippen molar-refractivity contribution in [2.45, 2.75) is 6.42 Å². The average molecular weight is 352 g/mol. The van der Waals surface area contributed by atoms with Crippen LogP contribution in [0, 0.1) is 0 Å². The summed E-state index contributed by atoms with van der Waals surface area (Å²) in [5, 5.41) is 10.8. The maximum absolute atomic E-state index is 10.8. The summed E-state index contributed by atoms with van der Waals surface area (Å²) in [7, 11) is 0. The predicted molar refractivity (Wildman–Crippen MR) is 110 cm³/mol. The van der Waals surface area contributed by atoms with Crippen molar-refractivity contribution in [3.8, 4) is 28.0 Å². The van der Waals surface area contributed by atoms with Crippen molar-refractivity contribution < 1.29 is 5.11 Å². The van der Waals surface area contributed by atoms with Crippen LogP contribution < -0.4 is 5.73 Å². The van der Waals surface area contributed by atoms with Crippen LogP contribution in [0.15, 0.2) is 91.1 Å². The normalized spacial score (nSPS) is 10.7. The Morgan fingerprint density at radius 1 is 0.741 bits per heavy atom. The summed E-state index contributed by atoms with van der Waals surface area (Å²) in [6.07, 6.45) is 2.35. The second-order valence-corrected chi connectivity index (χ2v) is 6.52. The minimum Gasteiger partial charge on any atom is -0.505 e. The number of rotatable bonds is 4. The number of aromatic hydroxyl groups is 1. The molecule has 0 aliphatic rings. The van der Waals surface area contributed by atoms with E-state index in [1.807, 2.05) is 72.8 Å². The summed E-state index contributed by atoms with van der Waals surface area (Å²) in [5.41, 5.74) is 12.2. The highest BCUT2D eigenvalue weighted by Gasteiger charge is 2.12. The Kier molecular flexibility index (Phi) is 4.58. The zero-order chi connectivity index (χ0) is 18.6. The van der Waals surface area contributed by atoms with Gasteiger partial charge in [0.05, 0.1) is 5.69 Å². The minimum absolute atomic E-state index is 0.232. The molecule has 3 N–H and O–H groups in total. The molecule has 3 heteroatoms. The van der Waals surface area contributed by atoms with Gasteiger partial charge in [-0.15, -0.1) is 0 Å². The molecule has 0 saturated heterocycles. The lowest BCUT2D eigenvalue weighted by atomic mass is 9.97. The minimum atomic E-state index is 0.232. The molecule has 1 aromatic heterocycles. The van der Waals surface area contributed by atoms with Crippen molar-refractivity contribution in [1.29, 1.82) is 0 Å². The Hall–Kier alpha value is -3.59. The van der Waals surface area contributed by atoms with Crippen LogP contribution in [0.1, 0.15) is 11.3 Å². The van der Waals surface area contributed by atoms with Gasteiger partial charge in [-0.3, -0.25) is 4.98 Å². The van der Waals surface area contributed by atoms with Gasteiger partial charge in [0.2, 0.25) is 0 Å². The number of benzene rings is 3. The SMILES string of the molecule is Nc1ccc(-c2cccc(-c3ccnc(Cc4ccccc4)c3O)c2)cc1. The number of hydrogen-bond acceptors (Lipinski definition) is 3. The Morgan fingerprint density at radius 2 is 1.48 bits per heavy atom. The second kappa shape index (κ2) is 7.34. The first kappa shape index (κ1) is 16.9. The molecule has 0 spiro atoms. The van der Waals surface area contributed by atoms with E-state index in [9.17, 15) is 5.11 Å². The Balaban J connectivity index is 1.70. The number of nitrogens with zero attached hydrogens (tertiary/aromatic N) is 1. The lowest BCUT2D eigenvalue weighted by molar-refractivity contribution is 0.467. The molecular weight excluding hydrogens is 332 g/mol. The standard InChI is InChI=1S/C24H20N2O/c25-21-11-9-18(10-12-21)19-7-4-8-20(16-19)22-13-14-26-23(24(22)27)15-17-5-2-1-3-6-17/h1-14,16,27H,15,25H2. The van der Waals surface area contributed by atoms with E-state index in [0.29, 0.717) is 12.1 Å². The van der Waals surface area contributed by atoms with Gasteiger partial charge in [0.25, 0.3) is 0 Å². The lowest BCUT2D eigenvalue weighted by Gasteiger charge is -2.11. The van der Waals surface area contributed by atoms with E-state index in [1.54, 1.807) is 6.20 Å². The number of aromatic nitrogens is 1. The van der Waals surface area contributed by atoms with Crippen molar-refractivity contribution in [1.82, 2.24) is 4.98 Å². The van der Waals surface area contributed by atoms with Gasteiger partial charge in [-0.2, -0.15) is 0 Å². The van der Waals surface area contributed by atoms with Crippen LogP contribution in [-0.4, -0.2) is 10.1 Å². The molecule has 0 aliphatic carbocycles. The quantitative estimate of drug-likeness (QED) is 0.490. The van der Waals surface area contributed by atoms with E-state index in [2.05, 4.69) is 17.1 Å². The van der Waals surface area contributed by atoms with Gasteiger partial charge in [0, 0.05) is 23.9 Å². The zero-order valence-corrected chi connectivity index (χ0v) is 14.8. The fourth-order valence-electron chi connectivity index (χ4n) is 3.19. The zero-order valence-electron chi connectivity index (χ0n) is 14.8.